The minimum atomic E-state index is -1.48. The average Bonchev–Trinajstić information content (AvgIpc) is 2.46. The Morgan fingerprint density at radius 1 is 1.27 bits per heavy atom. The third-order valence-corrected chi connectivity index (χ3v) is 3.30. The van der Waals surface area contributed by atoms with Crippen molar-refractivity contribution in [1.82, 2.24) is 5.32 Å². The first-order valence-corrected chi connectivity index (χ1v) is 7.30. The fourth-order valence-corrected chi connectivity index (χ4v) is 2.13. The van der Waals surface area contributed by atoms with E-state index in [4.69, 9.17) is 5.73 Å². The Morgan fingerprint density at radius 3 is 2.36 bits per heavy atom. The predicted octanol–water partition coefficient (Wildman–Crippen LogP) is -0.802. The lowest BCUT2D eigenvalue weighted by atomic mass is 10.00. The van der Waals surface area contributed by atoms with Crippen LogP contribution in [-0.4, -0.2) is 35.2 Å². The summed E-state index contributed by atoms with van der Waals surface area (Å²) in [5.41, 5.74) is 6.72. The third kappa shape index (κ3) is 5.83. The quantitative estimate of drug-likeness (QED) is 0.581. The molecule has 0 unspecified atom stereocenters. The van der Waals surface area contributed by atoms with Gasteiger partial charge in [-0.3, -0.25) is 4.79 Å². The van der Waals surface area contributed by atoms with Crippen LogP contribution in [0.1, 0.15) is 25.8 Å². The monoisotopic (exact) mass is 307 g/mol. The lowest BCUT2D eigenvalue weighted by Gasteiger charge is -2.25. The van der Waals surface area contributed by atoms with Crippen molar-refractivity contribution >= 4 is 11.9 Å². The largest absolute Gasteiger partial charge is 0.548 e. The van der Waals surface area contributed by atoms with Crippen LogP contribution in [0.25, 0.3) is 0 Å². The van der Waals surface area contributed by atoms with Crippen molar-refractivity contribution in [1.29, 1.82) is 0 Å². The van der Waals surface area contributed by atoms with Crippen LogP contribution in [-0.2, 0) is 16.0 Å². The highest BCUT2D eigenvalue weighted by Gasteiger charge is 2.26. The summed E-state index contributed by atoms with van der Waals surface area (Å²) in [6.45, 7) is 3.67. The molecule has 4 N–H and O–H groups in total. The molecule has 6 nitrogen and oxygen atoms in total. The molecule has 1 rings (SSSR count). The molecule has 0 aliphatic carbocycles. The summed E-state index contributed by atoms with van der Waals surface area (Å²) in [4.78, 5) is 23.0. The zero-order valence-corrected chi connectivity index (χ0v) is 12.9. The Labute approximate surface area is 130 Å². The number of carboxylic acids is 1. The average molecular weight is 307 g/mol. The molecule has 0 spiro atoms. The molecule has 0 fully saturated rings. The molecule has 0 radical (unpaired) electrons. The first-order chi connectivity index (χ1) is 10.3. The second-order valence-electron chi connectivity index (χ2n) is 5.81. The van der Waals surface area contributed by atoms with Crippen LogP contribution in [0.15, 0.2) is 30.3 Å². The number of hydrogen-bond acceptors (Lipinski definition) is 5. The van der Waals surface area contributed by atoms with E-state index in [1.165, 1.54) is 0 Å². The number of benzene rings is 1. The second kappa shape index (κ2) is 8.51. The van der Waals surface area contributed by atoms with E-state index in [-0.39, 0.29) is 12.3 Å². The molecule has 0 heterocycles. The van der Waals surface area contributed by atoms with Crippen molar-refractivity contribution in [3.05, 3.63) is 35.9 Å². The van der Waals surface area contributed by atoms with Crippen molar-refractivity contribution < 1.29 is 19.8 Å². The number of carbonyl (C=O) groups excluding carboxylic acids is 2. The molecule has 3 atom stereocenters. The summed E-state index contributed by atoms with van der Waals surface area (Å²) in [6, 6.07) is 7.26. The highest BCUT2D eigenvalue weighted by Crippen LogP contribution is 2.07. The molecule has 22 heavy (non-hydrogen) atoms. The standard InChI is InChI=1S/C16H24N2O4/c1-10(2)8-13(16(21)22)18-15(20)14(19)12(17)9-11-6-4-3-5-7-11/h3-7,10,12-14,19H,8-9,17H2,1-2H3,(H,18,20)(H,21,22)/p-1/t12-,13+,14+/m1/s1. The van der Waals surface area contributed by atoms with E-state index in [1.54, 1.807) is 0 Å². The van der Waals surface area contributed by atoms with E-state index >= 15 is 0 Å². The fraction of sp³-hybridized carbons (Fsp3) is 0.500. The van der Waals surface area contributed by atoms with Gasteiger partial charge in [-0.2, -0.15) is 0 Å². The molecule has 1 amide bonds. The first-order valence-electron chi connectivity index (χ1n) is 7.30. The smallest absolute Gasteiger partial charge is 0.250 e. The molecule has 0 aliphatic rings. The summed E-state index contributed by atoms with van der Waals surface area (Å²) in [5.74, 6) is -2.09. The van der Waals surface area contributed by atoms with E-state index in [0.29, 0.717) is 6.42 Å². The molecule has 0 aliphatic heterocycles. The Balaban J connectivity index is 2.61. The number of nitrogens with one attached hydrogen (secondary N) is 1. The maximum Gasteiger partial charge on any atom is 0.250 e. The number of rotatable bonds is 8. The van der Waals surface area contributed by atoms with Gasteiger partial charge in [0, 0.05) is 6.04 Å². The maximum atomic E-state index is 11.9. The summed E-state index contributed by atoms with van der Waals surface area (Å²) >= 11 is 0. The van der Waals surface area contributed by atoms with Crippen LogP contribution in [0.4, 0.5) is 0 Å². The van der Waals surface area contributed by atoms with Gasteiger partial charge in [0.15, 0.2) is 0 Å². The Kier molecular flexibility index (Phi) is 7.01. The summed E-state index contributed by atoms with van der Waals surface area (Å²) in [7, 11) is 0. The first kappa shape index (κ1) is 18.1. The number of aliphatic hydroxyl groups is 1. The van der Waals surface area contributed by atoms with Crippen molar-refractivity contribution in [3.63, 3.8) is 0 Å². The Bertz CT molecular complexity index is 490. The third-order valence-electron chi connectivity index (χ3n) is 3.30. The second-order valence-corrected chi connectivity index (χ2v) is 5.81. The van der Waals surface area contributed by atoms with E-state index in [1.807, 2.05) is 44.2 Å². The van der Waals surface area contributed by atoms with Gasteiger partial charge < -0.3 is 26.1 Å². The van der Waals surface area contributed by atoms with Crippen LogP contribution < -0.4 is 16.2 Å². The van der Waals surface area contributed by atoms with Crippen LogP contribution in [0.5, 0.6) is 0 Å². The van der Waals surface area contributed by atoms with Gasteiger partial charge in [0.05, 0.1) is 12.0 Å². The summed E-state index contributed by atoms with van der Waals surface area (Å²) in [5, 5.41) is 23.3. The van der Waals surface area contributed by atoms with Gasteiger partial charge in [0.1, 0.15) is 6.10 Å². The molecule has 6 heteroatoms. The van der Waals surface area contributed by atoms with Crippen LogP contribution >= 0.6 is 0 Å². The highest BCUT2D eigenvalue weighted by atomic mass is 16.4. The van der Waals surface area contributed by atoms with Gasteiger partial charge in [-0.05, 0) is 24.3 Å². The molecule has 0 aromatic heterocycles. The van der Waals surface area contributed by atoms with Crippen molar-refractivity contribution in [3.8, 4) is 0 Å². The molecular weight excluding hydrogens is 284 g/mol. The number of aliphatic hydroxyl groups excluding tert-OH is 1. The number of carboxylic acid groups (broad SMARTS) is 1. The number of nitrogens with two attached hydrogens (primary N) is 1. The van der Waals surface area contributed by atoms with Crippen LogP contribution in [0.3, 0.4) is 0 Å². The number of aliphatic carboxylic acids is 1. The molecule has 1 aromatic carbocycles. The summed E-state index contributed by atoms with van der Waals surface area (Å²) < 4.78 is 0. The zero-order valence-electron chi connectivity index (χ0n) is 12.9. The van der Waals surface area contributed by atoms with Crippen molar-refractivity contribution in [2.24, 2.45) is 11.7 Å². The summed E-state index contributed by atoms with van der Waals surface area (Å²) in [6.07, 6.45) is -0.932. The lowest BCUT2D eigenvalue weighted by molar-refractivity contribution is -0.308. The minimum absolute atomic E-state index is 0.0679. The number of carbonyl (C=O) groups is 2. The van der Waals surface area contributed by atoms with Gasteiger partial charge in [-0.15, -0.1) is 0 Å². The molecule has 122 valence electrons. The van der Waals surface area contributed by atoms with E-state index < -0.39 is 30.1 Å². The molecule has 0 saturated heterocycles. The van der Waals surface area contributed by atoms with Crippen LogP contribution in [0.2, 0.25) is 0 Å². The maximum absolute atomic E-state index is 11.9. The van der Waals surface area contributed by atoms with Gasteiger partial charge in [-0.25, -0.2) is 0 Å². The van der Waals surface area contributed by atoms with Gasteiger partial charge in [-0.1, -0.05) is 44.2 Å². The molecular formula is C16H23N2O4-. The lowest BCUT2D eigenvalue weighted by Crippen LogP contribution is -2.54. The van der Waals surface area contributed by atoms with Crippen LogP contribution in [0, 0.1) is 5.92 Å². The van der Waals surface area contributed by atoms with Crippen molar-refractivity contribution in [2.45, 2.75) is 44.9 Å². The Morgan fingerprint density at radius 2 is 1.86 bits per heavy atom. The number of hydrogen-bond donors (Lipinski definition) is 3. The topological polar surface area (TPSA) is 115 Å². The van der Waals surface area contributed by atoms with E-state index in [9.17, 15) is 19.8 Å². The Hall–Kier alpha value is -1.92. The molecule has 0 saturated carbocycles. The van der Waals surface area contributed by atoms with Gasteiger partial charge >= 0.3 is 0 Å². The van der Waals surface area contributed by atoms with E-state index in [0.717, 1.165) is 5.56 Å². The fourth-order valence-electron chi connectivity index (χ4n) is 2.13. The van der Waals surface area contributed by atoms with Crippen molar-refractivity contribution in [2.75, 3.05) is 0 Å². The van der Waals surface area contributed by atoms with Gasteiger partial charge in [0.2, 0.25) is 0 Å². The highest BCUT2D eigenvalue weighted by molar-refractivity contribution is 5.86. The minimum Gasteiger partial charge on any atom is -0.548 e. The van der Waals surface area contributed by atoms with E-state index in [2.05, 4.69) is 5.32 Å². The normalized spacial score (nSPS) is 15.1. The van der Waals surface area contributed by atoms with Gasteiger partial charge in [0.25, 0.3) is 5.91 Å². The predicted molar refractivity (Wildman–Crippen MR) is 80.5 cm³/mol. The molecule has 1 aromatic rings. The SMILES string of the molecule is CC(C)C[C@H](NC(=O)[C@@H](O)[C@H](N)Cc1ccccc1)C(=O)[O-]. The zero-order chi connectivity index (χ0) is 16.7. The molecule has 0 bridgehead atoms. The number of amides is 1.